The predicted molar refractivity (Wildman–Crippen MR) is 129 cm³/mol. The monoisotopic (exact) mass is 455 g/mol. The number of hydrogen-bond acceptors (Lipinski definition) is 5. The summed E-state index contributed by atoms with van der Waals surface area (Å²) in [6.45, 7) is 5.83. The van der Waals surface area contributed by atoms with E-state index in [1.807, 2.05) is 34.9 Å². The second-order valence-corrected chi connectivity index (χ2v) is 8.36. The lowest BCUT2D eigenvalue weighted by Crippen LogP contribution is -2.43. The lowest BCUT2D eigenvalue weighted by molar-refractivity contribution is 0.171. The number of benzene rings is 2. The molecule has 0 unspecified atom stereocenters. The lowest BCUT2D eigenvalue weighted by atomic mass is 10.0. The summed E-state index contributed by atoms with van der Waals surface area (Å²) in [5.41, 5.74) is 2.32. The molecule has 2 aromatic carbocycles. The number of rotatable bonds is 6. The van der Waals surface area contributed by atoms with Gasteiger partial charge in [0.15, 0.2) is 11.5 Å². The molecule has 170 valence electrons. The first kappa shape index (κ1) is 22.6. The smallest absolute Gasteiger partial charge is 0.251 e. The van der Waals surface area contributed by atoms with Gasteiger partial charge in [0.1, 0.15) is 13.2 Å². The Morgan fingerprint density at radius 2 is 1.69 bits per heavy atom. The fourth-order valence-electron chi connectivity index (χ4n) is 4.54. The Morgan fingerprint density at radius 3 is 2.53 bits per heavy atom. The van der Waals surface area contributed by atoms with E-state index in [1.165, 1.54) is 5.56 Å². The van der Waals surface area contributed by atoms with Crippen LogP contribution in [0.4, 0.5) is 0 Å². The molecule has 32 heavy (non-hydrogen) atoms. The highest BCUT2D eigenvalue weighted by atomic mass is 35.5. The van der Waals surface area contributed by atoms with Crippen LogP contribution in [0.15, 0.2) is 59.4 Å². The average molecular weight is 456 g/mol. The molecular formula is C25H30ClN3O3. The highest BCUT2D eigenvalue weighted by Gasteiger charge is 2.19. The van der Waals surface area contributed by atoms with Crippen molar-refractivity contribution in [3.63, 3.8) is 0 Å². The molecule has 1 aromatic heterocycles. The van der Waals surface area contributed by atoms with Crippen molar-refractivity contribution in [2.24, 2.45) is 0 Å². The first-order chi connectivity index (χ1) is 15.3. The van der Waals surface area contributed by atoms with Crippen LogP contribution < -0.4 is 20.3 Å². The van der Waals surface area contributed by atoms with Gasteiger partial charge in [0, 0.05) is 31.7 Å². The first-order valence-corrected chi connectivity index (χ1v) is 11.2. The average Bonchev–Trinajstić information content (AvgIpc) is 2.82. The van der Waals surface area contributed by atoms with E-state index in [0.29, 0.717) is 19.3 Å². The molecule has 7 heteroatoms. The molecule has 0 amide bonds. The maximum atomic E-state index is 12.4. The van der Waals surface area contributed by atoms with Crippen LogP contribution in [0.25, 0.3) is 10.9 Å². The molecular weight excluding hydrogens is 426 g/mol. The van der Waals surface area contributed by atoms with E-state index in [9.17, 15) is 4.79 Å². The summed E-state index contributed by atoms with van der Waals surface area (Å²) in [4.78, 5) is 14.9. The van der Waals surface area contributed by atoms with Crippen LogP contribution in [-0.4, -0.2) is 48.4 Å². The molecule has 0 spiro atoms. The number of piperidine rings is 1. The third-order valence-corrected chi connectivity index (χ3v) is 6.33. The minimum atomic E-state index is 0. The van der Waals surface area contributed by atoms with Crippen molar-refractivity contribution in [3.8, 4) is 11.5 Å². The number of hydrogen-bond donors (Lipinski definition) is 1. The third kappa shape index (κ3) is 5.09. The largest absolute Gasteiger partial charge is 0.486 e. The molecule has 0 saturated carbocycles. The van der Waals surface area contributed by atoms with Crippen molar-refractivity contribution >= 4 is 23.3 Å². The Labute approximate surface area is 194 Å². The molecule has 1 saturated heterocycles. The van der Waals surface area contributed by atoms with Gasteiger partial charge in [0.05, 0.1) is 5.52 Å². The molecule has 0 radical (unpaired) electrons. The van der Waals surface area contributed by atoms with Crippen LogP contribution in [0.1, 0.15) is 18.4 Å². The summed E-state index contributed by atoms with van der Waals surface area (Å²) in [5.74, 6) is 1.69. The molecule has 2 aliphatic heterocycles. The van der Waals surface area contributed by atoms with Gasteiger partial charge in [-0.05, 0) is 61.1 Å². The summed E-state index contributed by atoms with van der Waals surface area (Å²) in [6, 6.07) is 18.4. The molecule has 1 N–H and O–H groups in total. The quantitative estimate of drug-likeness (QED) is 0.617. The number of para-hydroxylation sites is 1. The standard InChI is InChI=1S/C25H29N3O3.ClH/c29-25-8-6-20-3-1-2-4-22(20)28(25)14-13-27-11-9-21(10-12-27)26-18-19-5-7-23-24(17-19)31-16-15-30-23;/h1-8,17,21,26H,9-16,18H2;1H. The molecule has 3 aromatic rings. The van der Waals surface area contributed by atoms with Gasteiger partial charge in [0.25, 0.3) is 5.56 Å². The maximum Gasteiger partial charge on any atom is 0.251 e. The Morgan fingerprint density at radius 1 is 0.906 bits per heavy atom. The fraction of sp³-hybridized carbons (Fsp3) is 0.400. The van der Waals surface area contributed by atoms with Crippen molar-refractivity contribution in [2.75, 3.05) is 32.8 Å². The number of pyridine rings is 1. The topological polar surface area (TPSA) is 55.7 Å². The van der Waals surface area contributed by atoms with E-state index < -0.39 is 0 Å². The minimum Gasteiger partial charge on any atom is -0.486 e. The van der Waals surface area contributed by atoms with Gasteiger partial charge in [0.2, 0.25) is 0 Å². The second-order valence-electron chi connectivity index (χ2n) is 8.36. The van der Waals surface area contributed by atoms with E-state index in [0.717, 1.165) is 68.0 Å². The van der Waals surface area contributed by atoms with Gasteiger partial charge < -0.3 is 24.3 Å². The second kappa shape index (κ2) is 10.4. The van der Waals surface area contributed by atoms with Gasteiger partial charge in [-0.25, -0.2) is 0 Å². The number of fused-ring (bicyclic) bond motifs is 2. The molecule has 6 nitrogen and oxygen atoms in total. The number of halogens is 1. The van der Waals surface area contributed by atoms with E-state index in [1.54, 1.807) is 6.07 Å². The van der Waals surface area contributed by atoms with Gasteiger partial charge in [-0.2, -0.15) is 0 Å². The first-order valence-electron chi connectivity index (χ1n) is 11.2. The summed E-state index contributed by atoms with van der Waals surface area (Å²) in [5, 5.41) is 4.81. The molecule has 0 atom stereocenters. The van der Waals surface area contributed by atoms with E-state index in [4.69, 9.17) is 9.47 Å². The van der Waals surface area contributed by atoms with Crippen LogP contribution in [-0.2, 0) is 13.1 Å². The number of likely N-dealkylation sites (tertiary alicyclic amines) is 1. The zero-order valence-electron chi connectivity index (χ0n) is 18.2. The molecule has 1 fully saturated rings. The molecule has 0 aliphatic carbocycles. The fourth-order valence-corrected chi connectivity index (χ4v) is 4.54. The minimum absolute atomic E-state index is 0. The Bertz CT molecular complexity index is 1110. The zero-order valence-corrected chi connectivity index (χ0v) is 19.0. The van der Waals surface area contributed by atoms with Crippen molar-refractivity contribution in [1.29, 1.82) is 0 Å². The Balaban J connectivity index is 0.00000245. The zero-order chi connectivity index (χ0) is 21.0. The Hall–Kier alpha value is -2.54. The maximum absolute atomic E-state index is 12.4. The van der Waals surface area contributed by atoms with Crippen LogP contribution >= 0.6 is 12.4 Å². The number of ether oxygens (including phenoxy) is 2. The summed E-state index contributed by atoms with van der Waals surface area (Å²) >= 11 is 0. The van der Waals surface area contributed by atoms with Crippen molar-refractivity contribution in [1.82, 2.24) is 14.8 Å². The van der Waals surface area contributed by atoms with Crippen LogP contribution in [0.2, 0.25) is 0 Å². The highest BCUT2D eigenvalue weighted by molar-refractivity contribution is 5.85. The van der Waals surface area contributed by atoms with Gasteiger partial charge in [-0.1, -0.05) is 24.3 Å². The van der Waals surface area contributed by atoms with E-state index in [2.05, 4.69) is 28.4 Å². The van der Waals surface area contributed by atoms with Gasteiger partial charge >= 0.3 is 0 Å². The SMILES string of the molecule is Cl.O=c1ccc2ccccc2n1CCN1CCC(NCc2ccc3c(c2)OCCO3)CC1. The third-order valence-electron chi connectivity index (χ3n) is 6.33. The van der Waals surface area contributed by atoms with Gasteiger partial charge in [-0.3, -0.25) is 4.79 Å². The number of nitrogens with one attached hydrogen (secondary N) is 1. The number of nitrogens with zero attached hydrogens (tertiary/aromatic N) is 2. The summed E-state index contributed by atoms with van der Waals surface area (Å²) in [6.07, 6.45) is 2.24. The van der Waals surface area contributed by atoms with Crippen LogP contribution in [0.3, 0.4) is 0 Å². The summed E-state index contributed by atoms with van der Waals surface area (Å²) < 4.78 is 13.2. The summed E-state index contributed by atoms with van der Waals surface area (Å²) in [7, 11) is 0. The normalized spacial score (nSPS) is 16.6. The number of aromatic nitrogens is 1. The lowest BCUT2D eigenvalue weighted by Gasteiger charge is -2.32. The van der Waals surface area contributed by atoms with Gasteiger partial charge in [-0.15, -0.1) is 12.4 Å². The highest BCUT2D eigenvalue weighted by Crippen LogP contribution is 2.30. The predicted octanol–water partition coefficient (Wildman–Crippen LogP) is 3.45. The van der Waals surface area contributed by atoms with Crippen molar-refractivity contribution in [3.05, 3.63) is 70.5 Å². The van der Waals surface area contributed by atoms with E-state index >= 15 is 0 Å². The van der Waals surface area contributed by atoms with Crippen molar-refractivity contribution in [2.45, 2.75) is 32.0 Å². The molecule has 3 heterocycles. The molecule has 0 bridgehead atoms. The van der Waals surface area contributed by atoms with Crippen LogP contribution in [0, 0.1) is 0 Å². The Kier molecular flexibility index (Phi) is 7.35. The van der Waals surface area contributed by atoms with E-state index in [-0.39, 0.29) is 18.0 Å². The molecule has 5 rings (SSSR count). The van der Waals surface area contributed by atoms with Crippen LogP contribution in [0.5, 0.6) is 11.5 Å². The van der Waals surface area contributed by atoms with Crippen molar-refractivity contribution < 1.29 is 9.47 Å². The molecule has 2 aliphatic rings.